The summed E-state index contributed by atoms with van der Waals surface area (Å²) in [6.07, 6.45) is 0. The molecule has 14 heavy (non-hydrogen) atoms. The summed E-state index contributed by atoms with van der Waals surface area (Å²) in [6.45, 7) is 5.92. The van der Waals surface area contributed by atoms with Crippen LogP contribution in [0.5, 0.6) is 0 Å². The first kappa shape index (κ1) is 10.5. The summed E-state index contributed by atoms with van der Waals surface area (Å²) in [7, 11) is -1.17. The molecule has 3 rings (SSSR count). The van der Waals surface area contributed by atoms with E-state index in [0.717, 1.165) is 13.1 Å². The highest BCUT2D eigenvalue weighted by molar-refractivity contribution is 6.53. The van der Waals surface area contributed by atoms with Gasteiger partial charge in [0.05, 0.1) is 19.8 Å². The molecule has 0 aromatic heterocycles. The first-order chi connectivity index (χ1) is 6.76. The van der Waals surface area contributed by atoms with Crippen LogP contribution in [0.2, 0.25) is 0 Å². The molecule has 3 fully saturated rings. The Morgan fingerprint density at radius 2 is 1.86 bits per heavy atom. The normalized spacial score (nSPS) is 44.1. The van der Waals surface area contributed by atoms with Gasteiger partial charge in [0.15, 0.2) is 0 Å². The Bertz CT molecular complexity index is 194. The smallest absolute Gasteiger partial charge is 0.355 e. The minimum absolute atomic E-state index is 0.421. The number of nitrogens with zero attached hydrogens (tertiary/aromatic N) is 1. The predicted octanol–water partition coefficient (Wildman–Crippen LogP) is -0.164. The standard InChI is InChI=1S/C8H17NO4Si/c1-8-7-13-14(10-2)11-5-3-9(8)4-6-12-14/h8H,3-7H2,1-2H3/t8-/m0/s1. The molecule has 82 valence electrons. The van der Waals surface area contributed by atoms with Crippen molar-refractivity contribution in [3.8, 4) is 0 Å². The van der Waals surface area contributed by atoms with Crippen molar-refractivity contribution in [3.63, 3.8) is 0 Å². The van der Waals surface area contributed by atoms with E-state index in [-0.39, 0.29) is 0 Å². The molecule has 3 aliphatic heterocycles. The molecule has 3 aliphatic rings. The van der Waals surface area contributed by atoms with Gasteiger partial charge in [0.1, 0.15) is 0 Å². The molecule has 3 heterocycles. The lowest BCUT2D eigenvalue weighted by Crippen LogP contribution is -2.58. The van der Waals surface area contributed by atoms with Gasteiger partial charge in [-0.25, -0.2) is 0 Å². The molecule has 1 atom stereocenters. The maximum atomic E-state index is 5.63. The van der Waals surface area contributed by atoms with E-state index < -0.39 is 9.05 Å². The minimum atomic E-state index is -2.77. The Hall–Kier alpha value is 0.0169. The molecule has 2 bridgehead atoms. The van der Waals surface area contributed by atoms with Crippen molar-refractivity contribution in [1.82, 2.24) is 4.90 Å². The second-order valence-electron chi connectivity index (χ2n) is 3.60. The highest BCUT2D eigenvalue weighted by atomic mass is 28.4. The highest BCUT2D eigenvalue weighted by Crippen LogP contribution is 2.18. The Morgan fingerprint density at radius 3 is 2.43 bits per heavy atom. The Kier molecular flexibility index (Phi) is 3.20. The van der Waals surface area contributed by atoms with Gasteiger partial charge < -0.3 is 17.7 Å². The van der Waals surface area contributed by atoms with Crippen LogP contribution in [-0.2, 0) is 17.7 Å². The van der Waals surface area contributed by atoms with Gasteiger partial charge in [-0.05, 0) is 6.92 Å². The summed E-state index contributed by atoms with van der Waals surface area (Å²) in [5, 5.41) is 0. The van der Waals surface area contributed by atoms with E-state index in [1.165, 1.54) is 0 Å². The molecule has 0 amide bonds. The van der Waals surface area contributed by atoms with Crippen molar-refractivity contribution < 1.29 is 17.7 Å². The Balaban J connectivity index is 2.12. The Morgan fingerprint density at radius 1 is 1.21 bits per heavy atom. The molecule has 3 saturated heterocycles. The van der Waals surface area contributed by atoms with Crippen molar-refractivity contribution in [1.29, 1.82) is 0 Å². The van der Waals surface area contributed by atoms with Crippen LogP contribution in [0.1, 0.15) is 6.92 Å². The highest BCUT2D eigenvalue weighted by Gasteiger charge is 2.47. The largest absolute Gasteiger partial charge is 0.679 e. The lowest BCUT2D eigenvalue weighted by molar-refractivity contribution is -0.0801. The van der Waals surface area contributed by atoms with E-state index >= 15 is 0 Å². The molecule has 6 heteroatoms. The third-order valence-electron chi connectivity index (χ3n) is 2.69. The van der Waals surface area contributed by atoms with Crippen LogP contribution < -0.4 is 0 Å². The molecule has 5 nitrogen and oxygen atoms in total. The molecule has 0 aromatic rings. The summed E-state index contributed by atoms with van der Waals surface area (Å²) in [5.74, 6) is 0. The van der Waals surface area contributed by atoms with Crippen molar-refractivity contribution in [2.24, 2.45) is 0 Å². The van der Waals surface area contributed by atoms with E-state index in [1.54, 1.807) is 7.11 Å². The van der Waals surface area contributed by atoms with Crippen LogP contribution >= 0.6 is 0 Å². The van der Waals surface area contributed by atoms with E-state index in [4.69, 9.17) is 17.7 Å². The molecular formula is C8H17NO4Si. The SMILES string of the molecule is CO[Si]12OCCN(CCO1)[C@@H](C)CO2. The molecule has 0 unspecified atom stereocenters. The summed E-state index contributed by atoms with van der Waals surface area (Å²) in [6, 6.07) is 0.421. The average molecular weight is 219 g/mol. The zero-order chi connectivity index (χ0) is 10.0. The van der Waals surface area contributed by atoms with E-state index in [0.29, 0.717) is 25.9 Å². The molecule has 0 saturated carbocycles. The fraction of sp³-hybridized carbons (Fsp3) is 1.00. The molecule has 0 radical (unpaired) electrons. The minimum Gasteiger partial charge on any atom is -0.355 e. The van der Waals surface area contributed by atoms with Gasteiger partial charge in [0.2, 0.25) is 0 Å². The molecule has 0 N–H and O–H groups in total. The summed E-state index contributed by atoms with van der Waals surface area (Å²) in [4.78, 5) is 2.31. The van der Waals surface area contributed by atoms with Crippen molar-refractivity contribution in [2.75, 3.05) is 40.0 Å². The quantitative estimate of drug-likeness (QED) is 0.573. The van der Waals surface area contributed by atoms with Gasteiger partial charge in [-0.15, -0.1) is 0 Å². The summed E-state index contributed by atoms with van der Waals surface area (Å²) in [5.41, 5.74) is 0. The van der Waals surface area contributed by atoms with Crippen molar-refractivity contribution >= 4 is 9.05 Å². The lowest BCUT2D eigenvalue weighted by Gasteiger charge is -2.39. The van der Waals surface area contributed by atoms with Crippen LogP contribution in [-0.4, -0.2) is 60.0 Å². The van der Waals surface area contributed by atoms with Gasteiger partial charge in [-0.3, -0.25) is 4.90 Å². The molecular weight excluding hydrogens is 202 g/mol. The van der Waals surface area contributed by atoms with Crippen molar-refractivity contribution in [2.45, 2.75) is 13.0 Å². The summed E-state index contributed by atoms with van der Waals surface area (Å²) < 4.78 is 22.1. The van der Waals surface area contributed by atoms with Crippen LogP contribution in [0.4, 0.5) is 0 Å². The maximum Gasteiger partial charge on any atom is 0.679 e. The van der Waals surface area contributed by atoms with E-state index in [9.17, 15) is 0 Å². The fourth-order valence-corrected chi connectivity index (χ4v) is 3.49. The second kappa shape index (κ2) is 4.26. The van der Waals surface area contributed by atoms with E-state index in [1.807, 2.05) is 0 Å². The monoisotopic (exact) mass is 219 g/mol. The summed E-state index contributed by atoms with van der Waals surface area (Å²) >= 11 is 0. The third-order valence-corrected chi connectivity index (χ3v) is 4.82. The van der Waals surface area contributed by atoms with Gasteiger partial charge in [-0.1, -0.05) is 0 Å². The van der Waals surface area contributed by atoms with Crippen molar-refractivity contribution in [3.05, 3.63) is 0 Å². The zero-order valence-electron chi connectivity index (χ0n) is 8.69. The number of hydrogen-bond acceptors (Lipinski definition) is 5. The predicted molar refractivity (Wildman–Crippen MR) is 51.7 cm³/mol. The first-order valence-corrected chi connectivity index (χ1v) is 6.60. The molecule has 0 spiro atoms. The van der Waals surface area contributed by atoms with Gasteiger partial charge in [0.25, 0.3) is 0 Å². The van der Waals surface area contributed by atoms with Gasteiger partial charge >= 0.3 is 9.05 Å². The van der Waals surface area contributed by atoms with Crippen LogP contribution in [0, 0.1) is 0 Å². The van der Waals surface area contributed by atoms with Crippen LogP contribution in [0.3, 0.4) is 0 Å². The number of rotatable bonds is 1. The van der Waals surface area contributed by atoms with Crippen LogP contribution in [0.15, 0.2) is 0 Å². The maximum absolute atomic E-state index is 5.63. The average Bonchev–Trinajstić information content (AvgIpc) is 2.13. The second-order valence-corrected chi connectivity index (χ2v) is 5.87. The first-order valence-electron chi connectivity index (χ1n) is 4.97. The number of hydrogen-bond donors (Lipinski definition) is 0. The molecule has 0 aromatic carbocycles. The molecule has 0 aliphatic carbocycles. The van der Waals surface area contributed by atoms with E-state index in [2.05, 4.69) is 11.8 Å². The van der Waals surface area contributed by atoms with Crippen LogP contribution in [0.25, 0.3) is 0 Å². The van der Waals surface area contributed by atoms with Gasteiger partial charge in [0, 0.05) is 26.2 Å². The Labute approximate surface area is 85.4 Å². The topological polar surface area (TPSA) is 40.2 Å². The number of fused-ring (bicyclic) bond motifs is 6. The van der Waals surface area contributed by atoms with Gasteiger partial charge in [-0.2, -0.15) is 0 Å². The third kappa shape index (κ3) is 2.00. The lowest BCUT2D eigenvalue weighted by atomic mass is 10.3. The fourth-order valence-electron chi connectivity index (χ4n) is 1.76. The zero-order valence-corrected chi connectivity index (χ0v) is 9.69.